The van der Waals surface area contributed by atoms with Crippen LogP contribution >= 0.6 is 39.7 Å². The van der Waals surface area contributed by atoms with Gasteiger partial charge in [0.1, 0.15) is 12.7 Å². The van der Waals surface area contributed by atoms with Crippen LogP contribution in [0.5, 0.6) is 0 Å². The molecular formula is C20H24BrClN4S. The molecule has 0 aliphatic carbocycles. The SMILES string of the molecule is CCc1cc(Cl)ccc1N=CN(C)SN(C)C=Nc1ccc(Br)cc1CC. The third kappa shape index (κ3) is 6.87. The number of benzene rings is 2. The molecule has 0 atom stereocenters. The van der Waals surface area contributed by atoms with Crippen LogP contribution in [0.1, 0.15) is 25.0 Å². The molecule has 0 unspecified atom stereocenters. The van der Waals surface area contributed by atoms with Gasteiger partial charge in [0.2, 0.25) is 0 Å². The number of rotatable bonds is 8. The van der Waals surface area contributed by atoms with Crippen molar-refractivity contribution >= 4 is 63.7 Å². The Morgan fingerprint density at radius 1 is 0.926 bits per heavy atom. The van der Waals surface area contributed by atoms with Gasteiger partial charge in [0.15, 0.2) is 0 Å². The molecule has 2 rings (SSSR count). The van der Waals surface area contributed by atoms with Crippen molar-refractivity contribution in [1.82, 2.24) is 8.61 Å². The van der Waals surface area contributed by atoms with E-state index in [-0.39, 0.29) is 0 Å². The minimum Gasteiger partial charge on any atom is -0.292 e. The Bertz CT molecular complexity index is 758. The highest BCUT2D eigenvalue weighted by molar-refractivity contribution is 9.10. The lowest BCUT2D eigenvalue weighted by atomic mass is 10.1. The van der Waals surface area contributed by atoms with Gasteiger partial charge in [-0.15, -0.1) is 0 Å². The maximum atomic E-state index is 6.05. The van der Waals surface area contributed by atoms with E-state index in [1.54, 1.807) is 6.34 Å². The molecule has 0 amide bonds. The lowest BCUT2D eigenvalue weighted by Gasteiger charge is -2.18. The molecule has 4 nitrogen and oxygen atoms in total. The Kier molecular flexibility index (Phi) is 8.67. The van der Waals surface area contributed by atoms with Crippen LogP contribution in [0.25, 0.3) is 0 Å². The second-order valence-corrected chi connectivity index (χ2v) is 8.58. The zero-order valence-corrected chi connectivity index (χ0v) is 19.1. The molecule has 0 fully saturated rings. The summed E-state index contributed by atoms with van der Waals surface area (Å²) in [5, 5.41) is 0.740. The highest BCUT2D eigenvalue weighted by Crippen LogP contribution is 2.25. The predicted octanol–water partition coefficient (Wildman–Crippen LogP) is 6.67. The molecule has 0 aliphatic rings. The first-order chi connectivity index (χ1) is 12.9. The van der Waals surface area contributed by atoms with Gasteiger partial charge in [-0.05, 0) is 60.4 Å². The van der Waals surface area contributed by atoms with Gasteiger partial charge in [-0.3, -0.25) is 8.61 Å². The zero-order valence-electron chi connectivity index (χ0n) is 16.0. The number of aliphatic imine (C=N–C) groups is 2. The smallest absolute Gasteiger partial charge is 0.102 e. The molecule has 0 N–H and O–H groups in total. The van der Waals surface area contributed by atoms with Gasteiger partial charge in [0.25, 0.3) is 0 Å². The molecule has 0 radical (unpaired) electrons. The van der Waals surface area contributed by atoms with Crippen LogP contribution in [0, 0.1) is 0 Å². The summed E-state index contributed by atoms with van der Waals surface area (Å²) in [6, 6.07) is 11.9. The minimum atomic E-state index is 0.740. The summed E-state index contributed by atoms with van der Waals surface area (Å²) in [6.07, 6.45) is 5.45. The van der Waals surface area contributed by atoms with E-state index in [1.165, 1.54) is 17.7 Å². The van der Waals surface area contributed by atoms with Gasteiger partial charge in [-0.1, -0.05) is 41.4 Å². The van der Waals surface area contributed by atoms with Crippen LogP contribution in [0.2, 0.25) is 5.02 Å². The van der Waals surface area contributed by atoms with E-state index >= 15 is 0 Å². The summed E-state index contributed by atoms with van der Waals surface area (Å²) in [6.45, 7) is 4.23. The van der Waals surface area contributed by atoms with Crippen LogP contribution < -0.4 is 0 Å². The highest BCUT2D eigenvalue weighted by Gasteiger charge is 2.03. The molecule has 2 aromatic rings. The van der Waals surface area contributed by atoms with Crippen molar-refractivity contribution in [2.75, 3.05) is 14.1 Å². The fraction of sp³-hybridized carbons (Fsp3) is 0.300. The molecule has 27 heavy (non-hydrogen) atoms. The molecule has 0 spiro atoms. The third-order valence-corrected chi connectivity index (χ3v) is 5.25. The molecule has 144 valence electrons. The van der Waals surface area contributed by atoms with E-state index in [1.807, 2.05) is 59.4 Å². The van der Waals surface area contributed by atoms with Crippen molar-refractivity contribution in [3.63, 3.8) is 0 Å². The van der Waals surface area contributed by atoms with Gasteiger partial charge in [0.05, 0.1) is 23.5 Å². The van der Waals surface area contributed by atoms with E-state index in [9.17, 15) is 0 Å². The van der Waals surface area contributed by atoms with Crippen molar-refractivity contribution in [1.29, 1.82) is 0 Å². The topological polar surface area (TPSA) is 31.2 Å². The Balaban J connectivity index is 1.98. The van der Waals surface area contributed by atoms with E-state index < -0.39 is 0 Å². The van der Waals surface area contributed by atoms with E-state index in [0.29, 0.717) is 0 Å². The standard InChI is InChI=1S/C20H24BrClN4S/c1-5-15-11-17(21)7-9-19(15)23-13-25(3)27-26(4)14-24-20-10-8-18(22)12-16(20)6-2/h7-14H,5-6H2,1-4H3. The van der Waals surface area contributed by atoms with Crippen LogP contribution in [-0.2, 0) is 12.8 Å². The summed E-state index contributed by atoms with van der Waals surface area (Å²) >= 11 is 11.1. The molecular weight excluding hydrogens is 444 g/mol. The molecule has 2 aromatic carbocycles. The monoisotopic (exact) mass is 466 g/mol. The van der Waals surface area contributed by atoms with Gasteiger partial charge < -0.3 is 0 Å². The van der Waals surface area contributed by atoms with Crippen molar-refractivity contribution in [2.24, 2.45) is 9.98 Å². The Hall–Kier alpha value is -1.50. The molecule has 0 aromatic heterocycles. The highest BCUT2D eigenvalue weighted by atomic mass is 79.9. The van der Waals surface area contributed by atoms with Gasteiger partial charge in [-0.2, -0.15) is 0 Å². The van der Waals surface area contributed by atoms with Crippen LogP contribution in [-0.4, -0.2) is 35.4 Å². The van der Waals surface area contributed by atoms with Crippen molar-refractivity contribution in [3.8, 4) is 0 Å². The number of nitrogens with zero attached hydrogens (tertiary/aromatic N) is 4. The lowest BCUT2D eigenvalue weighted by molar-refractivity contribution is 0.779. The van der Waals surface area contributed by atoms with E-state index in [0.717, 1.165) is 39.3 Å². The normalized spacial score (nSPS) is 11.5. The maximum absolute atomic E-state index is 6.05. The first-order valence-corrected chi connectivity index (χ1v) is 10.6. The van der Waals surface area contributed by atoms with Crippen molar-refractivity contribution in [3.05, 3.63) is 57.0 Å². The molecule has 0 bridgehead atoms. The first kappa shape index (κ1) is 21.8. The third-order valence-electron chi connectivity index (χ3n) is 3.82. The summed E-state index contributed by atoms with van der Waals surface area (Å²) < 4.78 is 4.95. The number of hydrogen-bond acceptors (Lipinski definition) is 3. The molecule has 0 heterocycles. The quantitative estimate of drug-likeness (QED) is 0.247. The molecule has 0 saturated carbocycles. The maximum Gasteiger partial charge on any atom is 0.102 e. The zero-order chi connectivity index (χ0) is 19.8. The van der Waals surface area contributed by atoms with Crippen LogP contribution in [0.15, 0.2) is 50.9 Å². The van der Waals surface area contributed by atoms with Crippen LogP contribution in [0.3, 0.4) is 0 Å². The van der Waals surface area contributed by atoms with Gasteiger partial charge in [0, 0.05) is 23.6 Å². The fourth-order valence-corrected chi connectivity index (χ4v) is 3.65. The Morgan fingerprint density at radius 2 is 1.44 bits per heavy atom. The second kappa shape index (κ2) is 10.7. The second-order valence-electron chi connectivity index (χ2n) is 5.92. The number of halogens is 2. The van der Waals surface area contributed by atoms with Crippen molar-refractivity contribution < 1.29 is 0 Å². The summed E-state index contributed by atoms with van der Waals surface area (Å²) in [4.78, 5) is 9.17. The average molecular weight is 468 g/mol. The fourth-order valence-electron chi connectivity index (χ4n) is 2.46. The molecule has 0 saturated heterocycles. The minimum absolute atomic E-state index is 0.740. The summed E-state index contributed by atoms with van der Waals surface area (Å²) in [5.74, 6) is 0. The van der Waals surface area contributed by atoms with Crippen LogP contribution in [0.4, 0.5) is 11.4 Å². The van der Waals surface area contributed by atoms with E-state index in [2.05, 4.69) is 45.8 Å². The Morgan fingerprint density at radius 3 is 2.00 bits per heavy atom. The summed E-state index contributed by atoms with van der Waals surface area (Å²) in [5.41, 5.74) is 4.27. The molecule has 0 aliphatic heterocycles. The van der Waals surface area contributed by atoms with E-state index in [4.69, 9.17) is 11.6 Å². The largest absolute Gasteiger partial charge is 0.292 e. The molecule has 7 heteroatoms. The van der Waals surface area contributed by atoms with Crippen molar-refractivity contribution in [2.45, 2.75) is 26.7 Å². The van der Waals surface area contributed by atoms with Gasteiger partial charge >= 0.3 is 0 Å². The first-order valence-electron chi connectivity index (χ1n) is 8.71. The Labute approximate surface area is 179 Å². The predicted molar refractivity (Wildman–Crippen MR) is 124 cm³/mol. The lowest BCUT2D eigenvalue weighted by Crippen LogP contribution is -2.16. The summed E-state index contributed by atoms with van der Waals surface area (Å²) in [7, 11) is 3.92. The van der Waals surface area contributed by atoms with Gasteiger partial charge in [-0.25, -0.2) is 9.98 Å². The number of hydrogen-bond donors (Lipinski definition) is 0. The average Bonchev–Trinajstić information content (AvgIpc) is 2.65. The number of aryl methyl sites for hydroxylation is 2.